The zero-order valence-electron chi connectivity index (χ0n) is 10.6. The Labute approximate surface area is 110 Å². The average molecular weight is 264 g/mol. The first kappa shape index (κ1) is 13.1. The molecule has 4 N–H and O–H groups in total. The molecule has 0 bridgehead atoms. The number of nitrogens with one attached hydrogen (secondary N) is 1. The minimum Gasteiger partial charge on any atom is -0.478 e. The van der Waals surface area contributed by atoms with E-state index in [2.05, 4.69) is 10.3 Å². The molecule has 1 unspecified atom stereocenters. The summed E-state index contributed by atoms with van der Waals surface area (Å²) >= 11 is 0. The van der Waals surface area contributed by atoms with Crippen molar-refractivity contribution in [1.82, 2.24) is 10.3 Å². The molecule has 1 atom stereocenters. The first-order valence-electron chi connectivity index (χ1n) is 6.02. The van der Waals surface area contributed by atoms with Gasteiger partial charge in [0.25, 0.3) is 0 Å². The molecular formula is C12H16N4O3. The molecule has 2 rings (SSSR count). The zero-order valence-corrected chi connectivity index (χ0v) is 10.6. The lowest BCUT2D eigenvalue weighted by atomic mass is 10.2. The number of likely N-dealkylation sites (N-methyl/N-ethyl adjacent to an activating group) is 1. The maximum absolute atomic E-state index is 11.8. The quantitative estimate of drug-likeness (QED) is 0.713. The third-order valence-electron chi connectivity index (χ3n) is 3.27. The molecule has 0 aliphatic carbocycles. The Bertz CT molecular complexity index is 518. The predicted octanol–water partition coefficient (Wildman–Crippen LogP) is 0.0768. The molecule has 0 spiro atoms. The zero-order chi connectivity index (χ0) is 14.0. The summed E-state index contributed by atoms with van der Waals surface area (Å²) in [5.74, 6) is -0.845. The van der Waals surface area contributed by atoms with Crippen molar-refractivity contribution in [1.29, 1.82) is 0 Å². The smallest absolute Gasteiger partial charge is 0.337 e. The van der Waals surface area contributed by atoms with Crippen LogP contribution in [0.3, 0.4) is 0 Å². The standard InChI is InChI=1S/C12H16N4O3/c1-14-11(17)8-3-2-6-16(8)10-9(13)7(12(18)19)4-5-15-10/h4-5,8H,2-3,6,13H2,1H3,(H,14,17)(H,18,19). The second kappa shape index (κ2) is 5.13. The molecule has 1 aliphatic heterocycles. The van der Waals surface area contributed by atoms with E-state index in [0.29, 0.717) is 18.8 Å². The van der Waals surface area contributed by atoms with Gasteiger partial charge in [-0.3, -0.25) is 4.79 Å². The Kier molecular flexibility index (Phi) is 3.55. The van der Waals surface area contributed by atoms with Gasteiger partial charge in [0.2, 0.25) is 5.91 Å². The van der Waals surface area contributed by atoms with Crippen LogP contribution >= 0.6 is 0 Å². The summed E-state index contributed by atoms with van der Waals surface area (Å²) in [5, 5.41) is 11.6. The SMILES string of the molecule is CNC(=O)C1CCCN1c1nccc(C(=O)O)c1N. The van der Waals surface area contributed by atoms with Crippen LogP contribution in [-0.2, 0) is 4.79 Å². The van der Waals surface area contributed by atoms with Crippen LogP contribution in [0.2, 0.25) is 0 Å². The molecule has 19 heavy (non-hydrogen) atoms. The molecule has 1 aromatic heterocycles. The van der Waals surface area contributed by atoms with Crippen LogP contribution in [0.4, 0.5) is 11.5 Å². The van der Waals surface area contributed by atoms with Crippen molar-refractivity contribution in [2.75, 3.05) is 24.2 Å². The fourth-order valence-corrected chi connectivity index (χ4v) is 2.34. The van der Waals surface area contributed by atoms with Crippen LogP contribution in [-0.4, -0.2) is 41.6 Å². The summed E-state index contributed by atoms with van der Waals surface area (Å²) in [7, 11) is 1.57. The van der Waals surface area contributed by atoms with Crippen molar-refractivity contribution in [3.63, 3.8) is 0 Å². The number of aromatic carboxylic acids is 1. The fraction of sp³-hybridized carbons (Fsp3) is 0.417. The van der Waals surface area contributed by atoms with Gasteiger partial charge in [-0.1, -0.05) is 0 Å². The number of pyridine rings is 1. The van der Waals surface area contributed by atoms with Gasteiger partial charge in [-0.2, -0.15) is 0 Å². The number of rotatable bonds is 3. The number of anilines is 2. The Morgan fingerprint density at radius 2 is 2.32 bits per heavy atom. The number of hydrogen-bond acceptors (Lipinski definition) is 5. The van der Waals surface area contributed by atoms with Crippen LogP contribution in [0.15, 0.2) is 12.3 Å². The van der Waals surface area contributed by atoms with Crippen LogP contribution in [0.1, 0.15) is 23.2 Å². The highest BCUT2D eigenvalue weighted by molar-refractivity contribution is 5.97. The van der Waals surface area contributed by atoms with Gasteiger partial charge < -0.3 is 21.1 Å². The first-order chi connectivity index (χ1) is 9.06. The van der Waals surface area contributed by atoms with E-state index in [1.165, 1.54) is 12.3 Å². The average Bonchev–Trinajstić information content (AvgIpc) is 2.86. The molecule has 102 valence electrons. The molecule has 0 radical (unpaired) electrons. The molecule has 1 fully saturated rings. The van der Waals surface area contributed by atoms with Crippen LogP contribution in [0.25, 0.3) is 0 Å². The number of nitrogens with two attached hydrogens (primary N) is 1. The Hall–Kier alpha value is -2.31. The molecule has 1 aromatic rings. The van der Waals surface area contributed by atoms with E-state index in [9.17, 15) is 9.59 Å². The lowest BCUT2D eigenvalue weighted by Crippen LogP contribution is -2.42. The van der Waals surface area contributed by atoms with E-state index < -0.39 is 5.97 Å². The molecule has 1 aliphatic rings. The summed E-state index contributed by atoms with van der Waals surface area (Å²) in [5.41, 5.74) is 5.96. The largest absolute Gasteiger partial charge is 0.478 e. The van der Waals surface area contributed by atoms with Gasteiger partial charge >= 0.3 is 5.97 Å². The van der Waals surface area contributed by atoms with Crippen molar-refractivity contribution >= 4 is 23.4 Å². The van der Waals surface area contributed by atoms with Gasteiger partial charge in [-0.15, -0.1) is 0 Å². The maximum Gasteiger partial charge on any atom is 0.337 e. The van der Waals surface area contributed by atoms with Gasteiger partial charge in [0.05, 0.1) is 11.3 Å². The summed E-state index contributed by atoms with van der Waals surface area (Å²) in [6, 6.07) is 1.01. The van der Waals surface area contributed by atoms with Gasteiger partial charge in [0.15, 0.2) is 5.82 Å². The van der Waals surface area contributed by atoms with E-state index in [1.807, 2.05) is 0 Å². The Morgan fingerprint density at radius 3 is 2.95 bits per heavy atom. The van der Waals surface area contributed by atoms with Crippen molar-refractivity contribution in [3.05, 3.63) is 17.8 Å². The van der Waals surface area contributed by atoms with Crippen molar-refractivity contribution in [2.24, 2.45) is 0 Å². The number of carbonyl (C=O) groups is 2. The van der Waals surface area contributed by atoms with Gasteiger partial charge in [0, 0.05) is 19.8 Å². The van der Waals surface area contributed by atoms with Crippen molar-refractivity contribution < 1.29 is 14.7 Å². The van der Waals surface area contributed by atoms with Gasteiger partial charge in [-0.25, -0.2) is 9.78 Å². The number of carboxylic acid groups (broad SMARTS) is 1. The lowest BCUT2D eigenvalue weighted by molar-refractivity contribution is -0.121. The molecule has 7 heteroatoms. The minimum absolute atomic E-state index is 0.00700. The van der Waals surface area contributed by atoms with Gasteiger partial charge in [-0.05, 0) is 18.9 Å². The van der Waals surface area contributed by atoms with E-state index in [1.54, 1.807) is 11.9 Å². The lowest BCUT2D eigenvalue weighted by Gasteiger charge is -2.25. The van der Waals surface area contributed by atoms with Gasteiger partial charge in [0.1, 0.15) is 6.04 Å². The van der Waals surface area contributed by atoms with Crippen LogP contribution in [0.5, 0.6) is 0 Å². The summed E-state index contributed by atoms with van der Waals surface area (Å²) < 4.78 is 0. The minimum atomic E-state index is -1.10. The predicted molar refractivity (Wildman–Crippen MR) is 70.0 cm³/mol. The molecule has 1 amide bonds. The summed E-state index contributed by atoms with van der Waals surface area (Å²) in [4.78, 5) is 28.7. The number of nitrogen functional groups attached to an aromatic ring is 1. The topological polar surface area (TPSA) is 109 Å². The molecular weight excluding hydrogens is 248 g/mol. The number of amides is 1. The number of aromatic nitrogens is 1. The Morgan fingerprint density at radius 1 is 1.58 bits per heavy atom. The maximum atomic E-state index is 11.8. The summed E-state index contributed by atoms with van der Waals surface area (Å²) in [6.45, 7) is 0.637. The molecule has 0 aromatic carbocycles. The van der Waals surface area contributed by atoms with E-state index >= 15 is 0 Å². The van der Waals surface area contributed by atoms with Crippen LogP contribution in [0, 0.1) is 0 Å². The third kappa shape index (κ3) is 2.31. The van der Waals surface area contributed by atoms with E-state index in [0.717, 1.165) is 6.42 Å². The number of carboxylic acids is 1. The molecule has 0 saturated carbocycles. The first-order valence-corrected chi connectivity index (χ1v) is 6.02. The van der Waals surface area contributed by atoms with Crippen molar-refractivity contribution in [3.8, 4) is 0 Å². The Balaban J connectivity index is 2.38. The monoisotopic (exact) mass is 264 g/mol. The number of hydrogen-bond donors (Lipinski definition) is 3. The highest BCUT2D eigenvalue weighted by Gasteiger charge is 2.32. The molecule has 2 heterocycles. The number of carbonyl (C=O) groups excluding carboxylic acids is 1. The van der Waals surface area contributed by atoms with E-state index in [-0.39, 0.29) is 23.2 Å². The summed E-state index contributed by atoms with van der Waals surface area (Å²) in [6.07, 6.45) is 2.95. The molecule has 1 saturated heterocycles. The highest BCUT2D eigenvalue weighted by atomic mass is 16.4. The van der Waals surface area contributed by atoms with Crippen molar-refractivity contribution in [2.45, 2.75) is 18.9 Å². The number of nitrogens with zero attached hydrogens (tertiary/aromatic N) is 2. The normalized spacial score (nSPS) is 18.4. The second-order valence-electron chi connectivity index (χ2n) is 4.37. The fourth-order valence-electron chi connectivity index (χ4n) is 2.34. The third-order valence-corrected chi connectivity index (χ3v) is 3.27. The second-order valence-corrected chi connectivity index (χ2v) is 4.37. The van der Waals surface area contributed by atoms with E-state index in [4.69, 9.17) is 10.8 Å². The highest BCUT2D eigenvalue weighted by Crippen LogP contribution is 2.30. The van der Waals surface area contributed by atoms with Crippen LogP contribution < -0.4 is 16.0 Å². The molecule has 7 nitrogen and oxygen atoms in total.